The summed E-state index contributed by atoms with van der Waals surface area (Å²) in [4.78, 5) is 97.4. The molecule has 1 atom stereocenters. The number of carbonyl (C=O) groups is 6. The largest absolute Gasteiger partial charge is 0.472 e. The molecule has 0 aliphatic carbocycles. The number of phosphoric ester groups is 2. The highest BCUT2D eigenvalue weighted by Gasteiger charge is 2.22. The first-order chi connectivity index (χ1) is 29.0. The Morgan fingerprint density at radius 3 is 0.852 bits per heavy atom. The summed E-state index contributed by atoms with van der Waals surface area (Å²) >= 11 is 0. The number of aliphatic hydroxyl groups excluding tert-OH is 1. The molecule has 0 fully saturated rings. The lowest BCUT2D eigenvalue weighted by Crippen LogP contribution is -2.13. The summed E-state index contributed by atoms with van der Waals surface area (Å²) in [5.74, 6) is -3.83. The molecule has 0 amide bonds. The molecule has 0 saturated heterocycles. The van der Waals surface area contributed by atoms with E-state index in [1.807, 2.05) is 13.8 Å². The summed E-state index contributed by atoms with van der Waals surface area (Å²) in [7, 11) is -9.08. The van der Waals surface area contributed by atoms with Gasteiger partial charge in [-0.3, -0.25) is 13.6 Å². The Labute approximate surface area is 349 Å². The van der Waals surface area contributed by atoms with E-state index < -0.39 is 71.3 Å². The Kier molecular flexibility index (Phi) is 23.3. The monoisotopic (exact) mass is 900 g/mol. The Hall–Kier alpha value is -5.34. The second-order valence-corrected chi connectivity index (χ2v) is 14.4. The summed E-state index contributed by atoms with van der Waals surface area (Å²) in [6.45, 7) is 1.53. The first-order valence-corrected chi connectivity index (χ1v) is 21.3. The fourth-order valence-corrected chi connectivity index (χ4v) is 5.15. The zero-order valence-corrected chi connectivity index (χ0v) is 34.8. The molecule has 0 saturated carbocycles. The smallest absolute Gasteiger partial charge is 0.462 e. The van der Waals surface area contributed by atoms with Gasteiger partial charge in [0.15, 0.2) is 0 Å². The van der Waals surface area contributed by atoms with Crippen molar-refractivity contribution in [2.24, 2.45) is 0 Å². The van der Waals surface area contributed by atoms with Gasteiger partial charge < -0.3 is 48.2 Å². The van der Waals surface area contributed by atoms with Crippen molar-refractivity contribution < 1.29 is 99.7 Å². The molecule has 3 rings (SSSR count). The predicted octanol–water partition coefficient (Wildman–Crippen LogP) is 4.07. The molecule has 334 valence electrons. The van der Waals surface area contributed by atoms with Crippen LogP contribution in [0.2, 0.25) is 0 Å². The highest BCUT2D eigenvalue weighted by Crippen LogP contribution is 2.42. The minimum Gasteiger partial charge on any atom is -0.462 e. The zero-order chi connectivity index (χ0) is 45.3. The van der Waals surface area contributed by atoms with E-state index in [1.54, 1.807) is 0 Å². The highest BCUT2D eigenvalue weighted by atomic mass is 31.2. The molecule has 23 heteroatoms. The maximum atomic E-state index is 12.1. The highest BCUT2D eigenvalue weighted by molar-refractivity contribution is 7.47. The molecule has 4 N–H and O–H groups in total. The molecule has 0 spiro atoms. The lowest BCUT2D eigenvalue weighted by molar-refractivity contribution is 0.0353. The molecule has 0 aliphatic rings. The second-order valence-electron chi connectivity index (χ2n) is 11.7. The fraction of sp³-hybridized carbons (Fsp3) is 0.368. The topological polar surface area (TPSA) is 301 Å². The summed E-state index contributed by atoms with van der Waals surface area (Å²) < 4.78 is 65.2. The summed E-state index contributed by atoms with van der Waals surface area (Å²) in [5.41, 5.74) is 1.24. The maximum absolute atomic E-state index is 12.1. The molecule has 0 heterocycles. The van der Waals surface area contributed by atoms with Crippen LogP contribution in [0.4, 0.5) is 0 Å². The quantitative estimate of drug-likeness (QED) is 0.0426. The van der Waals surface area contributed by atoms with Gasteiger partial charge in [0.1, 0.15) is 26.4 Å². The van der Waals surface area contributed by atoms with E-state index in [4.69, 9.17) is 52.4 Å². The molecule has 21 nitrogen and oxygen atoms in total. The van der Waals surface area contributed by atoms with E-state index in [1.165, 1.54) is 72.8 Å². The Morgan fingerprint density at radius 2 is 0.623 bits per heavy atom. The van der Waals surface area contributed by atoms with Crippen molar-refractivity contribution in [3.8, 4) is 0 Å². The molecular formula is C38H46O21P2. The first kappa shape index (κ1) is 51.8. The lowest BCUT2D eigenvalue weighted by atomic mass is 10.1. The van der Waals surface area contributed by atoms with E-state index in [0.717, 1.165) is 0 Å². The average molecular weight is 901 g/mol. The number of rotatable bonds is 24. The van der Waals surface area contributed by atoms with Crippen molar-refractivity contribution in [2.75, 3.05) is 66.1 Å². The number of carbonyl (C=O) groups excluding carboxylic acids is 6. The van der Waals surface area contributed by atoms with Gasteiger partial charge in [-0.2, -0.15) is 0 Å². The van der Waals surface area contributed by atoms with Crippen molar-refractivity contribution >= 4 is 51.5 Å². The predicted molar refractivity (Wildman–Crippen MR) is 208 cm³/mol. The summed E-state index contributed by atoms with van der Waals surface area (Å²) in [6.07, 6.45) is 1.40. The van der Waals surface area contributed by atoms with Crippen LogP contribution in [0.25, 0.3) is 0 Å². The standard InChI is InChI=1S/C25H29O13P.C13H17O8P/c1-2-12-33-22(27)18-3-7-20(8-4-18)24(29)35-14-16-37-39(31,32)38-17-15-36-25(30)21-9-5-19(6-10-21)23(28)34-13-11-26;1-2-7-19-12(14)10-3-5-11(6-4-10)13(15)20-8-9-21-22(16,17)18/h3-10,26H,2,11-17H2,1H3,(H,31,32);3-6H,2,7-9H2,1H3,(H2,16,17,18). The zero-order valence-electron chi connectivity index (χ0n) is 33.0. The normalized spacial score (nSPS) is 11.8. The van der Waals surface area contributed by atoms with Gasteiger partial charge in [0.25, 0.3) is 0 Å². The van der Waals surface area contributed by atoms with Gasteiger partial charge in [-0.15, -0.1) is 0 Å². The van der Waals surface area contributed by atoms with Crippen LogP contribution < -0.4 is 0 Å². The van der Waals surface area contributed by atoms with Gasteiger partial charge in [-0.25, -0.2) is 37.9 Å². The van der Waals surface area contributed by atoms with Crippen LogP contribution >= 0.6 is 15.6 Å². The first-order valence-electron chi connectivity index (χ1n) is 18.3. The number of phosphoric acid groups is 2. The molecule has 1 unspecified atom stereocenters. The van der Waals surface area contributed by atoms with Crippen LogP contribution in [0, 0.1) is 0 Å². The fourth-order valence-electron chi connectivity index (χ4n) is 4.16. The van der Waals surface area contributed by atoms with Gasteiger partial charge in [0, 0.05) is 0 Å². The molecule has 3 aromatic carbocycles. The number of benzene rings is 3. The summed E-state index contributed by atoms with van der Waals surface area (Å²) in [5, 5.41) is 8.66. The molecule has 0 aromatic heterocycles. The van der Waals surface area contributed by atoms with Crippen LogP contribution in [0.3, 0.4) is 0 Å². The van der Waals surface area contributed by atoms with E-state index in [-0.39, 0.29) is 67.5 Å². The number of aliphatic hydroxyl groups is 1. The molecule has 0 aliphatic heterocycles. The Bertz CT molecular complexity index is 1870. The van der Waals surface area contributed by atoms with Gasteiger partial charge >= 0.3 is 51.5 Å². The van der Waals surface area contributed by atoms with Crippen LogP contribution in [0.1, 0.15) is 88.8 Å². The van der Waals surface area contributed by atoms with Crippen LogP contribution in [-0.2, 0) is 51.1 Å². The Balaban J connectivity index is 0.000000492. The van der Waals surface area contributed by atoms with Crippen molar-refractivity contribution in [3.05, 3.63) is 106 Å². The van der Waals surface area contributed by atoms with Crippen LogP contribution in [-0.4, -0.2) is 122 Å². The number of hydrogen-bond acceptors (Lipinski definition) is 18. The van der Waals surface area contributed by atoms with Crippen LogP contribution in [0.15, 0.2) is 72.8 Å². The van der Waals surface area contributed by atoms with Crippen molar-refractivity contribution in [3.63, 3.8) is 0 Å². The number of hydrogen-bond donors (Lipinski definition) is 4. The van der Waals surface area contributed by atoms with E-state index in [9.17, 15) is 42.8 Å². The minimum absolute atomic E-state index is 0.116. The third-order valence-corrected chi connectivity index (χ3v) is 8.52. The maximum Gasteiger partial charge on any atom is 0.472 e. The SMILES string of the molecule is CCCOC(=O)c1ccc(C(=O)OCCOP(=O)(O)O)cc1.CCCOC(=O)c1ccc(C(=O)OCCOP(=O)(O)OCCOC(=O)c2ccc(C(=O)OCCO)cc2)cc1. The molecule has 61 heavy (non-hydrogen) atoms. The van der Waals surface area contributed by atoms with Gasteiger partial charge in [-0.1, -0.05) is 13.8 Å². The van der Waals surface area contributed by atoms with E-state index in [0.29, 0.717) is 25.0 Å². The van der Waals surface area contributed by atoms with E-state index >= 15 is 0 Å². The van der Waals surface area contributed by atoms with Crippen molar-refractivity contribution in [2.45, 2.75) is 26.7 Å². The number of esters is 6. The van der Waals surface area contributed by atoms with Crippen LogP contribution in [0.5, 0.6) is 0 Å². The third-order valence-electron chi connectivity index (χ3n) is 6.99. The third kappa shape index (κ3) is 21.1. The van der Waals surface area contributed by atoms with Gasteiger partial charge in [-0.05, 0) is 85.6 Å². The van der Waals surface area contributed by atoms with E-state index in [2.05, 4.69) is 4.52 Å². The van der Waals surface area contributed by atoms with Crippen molar-refractivity contribution in [1.29, 1.82) is 0 Å². The second kappa shape index (κ2) is 27.5. The average Bonchev–Trinajstić information content (AvgIpc) is 3.25. The number of ether oxygens (including phenoxy) is 6. The molecule has 3 aromatic rings. The van der Waals surface area contributed by atoms with Gasteiger partial charge in [0.05, 0.1) is 73.0 Å². The lowest BCUT2D eigenvalue weighted by Gasteiger charge is -2.12. The Morgan fingerprint density at radius 1 is 0.393 bits per heavy atom. The molecular weight excluding hydrogens is 854 g/mol. The molecule has 0 radical (unpaired) electrons. The molecule has 0 bridgehead atoms. The van der Waals surface area contributed by atoms with Crippen molar-refractivity contribution in [1.82, 2.24) is 0 Å². The minimum atomic E-state index is -4.57. The summed E-state index contributed by atoms with van der Waals surface area (Å²) in [6, 6.07) is 16.6. The van der Waals surface area contributed by atoms with Gasteiger partial charge in [0.2, 0.25) is 0 Å².